The molecule has 1 aromatic carbocycles. The van der Waals surface area contributed by atoms with Gasteiger partial charge in [0.15, 0.2) is 0 Å². The van der Waals surface area contributed by atoms with E-state index in [0.29, 0.717) is 0 Å². The van der Waals surface area contributed by atoms with Crippen LogP contribution >= 0.6 is 0 Å². The van der Waals surface area contributed by atoms with Gasteiger partial charge in [-0.3, -0.25) is 0 Å². The molecule has 2 nitrogen and oxygen atoms in total. The molecule has 0 aromatic heterocycles. The van der Waals surface area contributed by atoms with E-state index in [2.05, 4.69) is 36.2 Å². The van der Waals surface area contributed by atoms with Crippen molar-refractivity contribution in [2.45, 2.75) is 19.6 Å². The van der Waals surface area contributed by atoms with Crippen molar-refractivity contribution in [3.8, 4) is 11.5 Å². The summed E-state index contributed by atoms with van der Waals surface area (Å²) in [5, 5.41) is 6.03. The van der Waals surface area contributed by atoms with Gasteiger partial charge in [0.1, 0.15) is 8.07 Å². The minimum Gasteiger partial charge on any atom is -0.303 e. The zero-order valence-corrected chi connectivity index (χ0v) is 12.3. The van der Waals surface area contributed by atoms with Crippen LogP contribution in [-0.2, 0) is 0 Å². The van der Waals surface area contributed by atoms with Gasteiger partial charge in [-0.1, -0.05) is 43.8 Å². The molecule has 3 heteroatoms. The largest absolute Gasteiger partial charge is 0.303 e. The minimum atomic E-state index is -1.32. The first-order chi connectivity index (χ1) is 7.88. The van der Waals surface area contributed by atoms with Crippen LogP contribution in [0.4, 0.5) is 0 Å². The maximum atomic E-state index is 4.25. The molecule has 0 atom stereocenters. The average molecular weight is 244 g/mol. The van der Waals surface area contributed by atoms with E-state index < -0.39 is 8.07 Å². The number of rotatable bonds is 2. The van der Waals surface area contributed by atoms with E-state index >= 15 is 0 Å². The molecule has 0 fully saturated rings. The predicted molar refractivity (Wildman–Crippen MR) is 77.9 cm³/mol. The summed E-state index contributed by atoms with van der Waals surface area (Å²) in [7, 11) is 2.50. The normalized spacial score (nSPS) is 11.1. The number of hydrogen-bond donors (Lipinski definition) is 0. The average Bonchev–Trinajstić information content (AvgIpc) is 2.23. The van der Waals surface area contributed by atoms with E-state index in [0.717, 1.165) is 11.1 Å². The quantitative estimate of drug-likeness (QED) is 0.338. The molecule has 0 saturated carbocycles. The molecule has 0 spiro atoms. The van der Waals surface area contributed by atoms with Crippen molar-refractivity contribution >= 4 is 14.3 Å². The van der Waals surface area contributed by atoms with Gasteiger partial charge in [-0.25, -0.2) is 0 Å². The summed E-state index contributed by atoms with van der Waals surface area (Å²) in [6.07, 6.45) is 1.86. The summed E-state index contributed by atoms with van der Waals surface area (Å²) in [4.78, 5) is 0. The van der Waals surface area contributed by atoms with E-state index in [1.165, 1.54) is 0 Å². The van der Waals surface area contributed by atoms with Crippen molar-refractivity contribution in [1.29, 1.82) is 0 Å². The van der Waals surface area contributed by atoms with Crippen LogP contribution in [0, 0.1) is 11.5 Å². The van der Waals surface area contributed by atoms with Gasteiger partial charge in [0.25, 0.3) is 0 Å². The Labute approximate surface area is 105 Å². The van der Waals surface area contributed by atoms with Gasteiger partial charge in [0, 0.05) is 25.2 Å². The van der Waals surface area contributed by atoms with Crippen molar-refractivity contribution < 1.29 is 0 Å². The SMILES string of the molecule is CN(C)/N=C/c1ccccc1C#C[Si](C)(C)C. The van der Waals surface area contributed by atoms with Crippen LogP contribution in [0.5, 0.6) is 0 Å². The Morgan fingerprint density at radius 1 is 1.18 bits per heavy atom. The summed E-state index contributed by atoms with van der Waals surface area (Å²) >= 11 is 0. The summed E-state index contributed by atoms with van der Waals surface area (Å²) in [6.45, 7) is 6.74. The Kier molecular flexibility index (Phi) is 4.53. The molecular weight excluding hydrogens is 224 g/mol. The molecule has 1 aromatic rings. The zero-order chi connectivity index (χ0) is 12.9. The Hall–Kier alpha value is -1.53. The zero-order valence-electron chi connectivity index (χ0n) is 11.3. The molecule has 0 N–H and O–H groups in total. The number of hydrogen-bond acceptors (Lipinski definition) is 2. The van der Waals surface area contributed by atoms with E-state index in [4.69, 9.17) is 0 Å². The summed E-state index contributed by atoms with van der Waals surface area (Å²) < 4.78 is 0. The number of nitrogens with zero attached hydrogens (tertiary/aromatic N) is 2. The topological polar surface area (TPSA) is 15.6 Å². The molecule has 0 bridgehead atoms. The van der Waals surface area contributed by atoms with Crippen LogP contribution in [0.3, 0.4) is 0 Å². The Morgan fingerprint density at radius 2 is 1.82 bits per heavy atom. The van der Waals surface area contributed by atoms with Gasteiger partial charge in [0.05, 0.1) is 6.21 Å². The smallest absolute Gasteiger partial charge is 0.129 e. The first kappa shape index (κ1) is 13.5. The standard InChI is InChI=1S/C14H20N2Si/c1-16(2)15-12-14-9-7-6-8-13(14)10-11-17(3,4)5/h6-9,12H,1-5H3/b15-12+. The highest BCUT2D eigenvalue weighted by Crippen LogP contribution is 2.06. The molecule has 0 aliphatic rings. The van der Waals surface area contributed by atoms with Crippen LogP contribution in [0.15, 0.2) is 29.4 Å². The van der Waals surface area contributed by atoms with Gasteiger partial charge >= 0.3 is 0 Å². The molecule has 0 aliphatic heterocycles. The van der Waals surface area contributed by atoms with E-state index in [1.54, 1.807) is 5.01 Å². The predicted octanol–water partition coefficient (Wildman–Crippen LogP) is 2.81. The highest BCUT2D eigenvalue weighted by atomic mass is 28.3. The fraction of sp³-hybridized carbons (Fsp3) is 0.357. The van der Waals surface area contributed by atoms with Crippen molar-refractivity contribution in [1.82, 2.24) is 5.01 Å². The van der Waals surface area contributed by atoms with Crippen molar-refractivity contribution in [2.75, 3.05) is 14.1 Å². The maximum Gasteiger partial charge on any atom is 0.129 e. The van der Waals surface area contributed by atoms with Crippen LogP contribution in [0.1, 0.15) is 11.1 Å². The van der Waals surface area contributed by atoms with E-state index in [9.17, 15) is 0 Å². The molecule has 1 rings (SSSR count). The third-order valence-corrected chi connectivity index (χ3v) is 2.84. The van der Waals surface area contributed by atoms with Gasteiger partial charge in [-0.15, -0.1) is 5.54 Å². The molecular formula is C14H20N2Si. The molecule has 90 valence electrons. The van der Waals surface area contributed by atoms with E-state index in [-0.39, 0.29) is 0 Å². The molecule has 0 aliphatic carbocycles. The van der Waals surface area contributed by atoms with Crippen LogP contribution in [-0.4, -0.2) is 33.4 Å². The summed E-state index contributed by atoms with van der Waals surface area (Å²) in [5.74, 6) is 3.28. The highest BCUT2D eigenvalue weighted by molar-refractivity contribution is 6.83. The Bertz CT molecular complexity index is 459. The monoisotopic (exact) mass is 244 g/mol. The van der Waals surface area contributed by atoms with Gasteiger partial charge in [-0.05, 0) is 6.07 Å². The third-order valence-electron chi connectivity index (χ3n) is 1.96. The van der Waals surface area contributed by atoms with Crippen molar-refractivity contribution in [3.63, 3.8) is 0 Å². The molecule has 0 unspecified atom stereocenters. The van der Waals surface area contributed by atoms with Gasteiger partial charge in [0.2, 0.25) is 0 Å². The van der Waals surface area contributed by atoms with Crippen LogP contribution < -0.4 is 0 Å². The molecule has 0 amide bonds. The lowest BCUT2D eigenvalue weighted by Crippen LogP contribution is -2.16. The number of benzene rings is 1. The van der Waals surface area contributed by atoms with E-state index in [1.807, 2.05) is 44.6 Å². The minimum absolute atomic E-state index is 1.06. The van der Waals surface area contributed by atoms with Crippen molar-refractivity contribution in [3.05, 3.63) is 35.4 Å². The highest BCUT2D eigenvalue weighted by Gasteiger charge is 2.07. The van der Waals surface area contributed by atoms with Crippen LogP contribution in [0.25, 0.3) is 0 Å². The summed E-state index contributed by atoms with van der Waals surface area (Å²) in [6, 6.07) is 8.11. The second-order valence-corrected chi connectivity index (χ2v) is 9.93. The molecule has 17 heavy (non-hydrogen) atoms. The second-order valence-electron chi connectivity index (χ2n) is 5.18. The lowest BCUT2D eigenvalue weighted by molar-refractivity contribution is 0.440. The molecule has 0 radical (unpaired) electrons. The van der Waals surface area contributed by atoms with Crippen LogP contribution in [0.2, 0.25) is 19.6 Å². The Morgan fingerprint density at radius 3 is 2.41 bits per heavy atom. The fourth-order valence-electron chi connectivity index (χ4n) is 1.16. The summed E-state index contributed by atoms with van der Waals surface area (Å²) in [5.41, 5.74) is 5.51. The fourth-order valence-corrected chi connectivity index (χ4v) is 1.67. The van der Waals surface area contributed by atoms with Gasteiger partial charge < -0.3 is 5.01 Å². The molecule has 0 saturated heterocycles. The third kappa shape index (κ3) is 5.37. The lowest BCUT2D eigenvalue weighted by atomic mass is 10.1. The van der Waals surface area contributed by atoms with Gasteiger partial charge in [-0.2, -0.15) is 5.10 Å². The Balaban J connectivity index is 3.03. The second kappa shape index (κ2) is 5.69. The first-order valence-corrected chi connectivity index (χ1v) is 9.22. The van der Waals surface area contributed by atoms with Crippen molar-refractivity contribution in [2.24, 2.45) is 5.10 Å². The lowest BCUT2D eigenvalue weighted by Gasteiger charge is -2.05. The first-order valence-electron chi connectivity index (χ1n) is 5.72. The maximum absolute atomic E-state index is 4.25. The number of hydrazone groups is 1. The molecule has 0 heterocycles.